The second-order valence-corrected chi connectivity index (χ2v) is 5.31. The Bertz CT molecular complexity index is 547. The Kier molecular flexibility index (Phi) is 4.73. The summed E-state index contributed by atoms with van der Waals surface area (Å²) < 4.78 is 5.54. The van der Waals surface area contributed by atoms with Crippen molar-refractivity contribution in [1.29, 1.82) is 0 Å². The molecule has 5 nitrogen and oxygen atoms in total. The van der Waals surface area contributed by atoms with Crippen LogP contribution in [0.15, 0.2) is 12.1 Å². The van der Waals surface area contributed by atoms with Gasteiger partial charge in [-0.15, -0.1) is 0 Å². The lowest BCUT2D eigenvalue weighted by Gasteiger charge is -2.18. The van der Waals surface area contributed by atoms with E-state index in [0.717, 1.165) is 12.8 Å². The summed E-state index contributed by atoms with van der Waals surface area (Å²) in [5.41, 5.74) is -0.153. The molecule has 1 unspecified atom stereocenters. The van der Waals surface area contributed by atoms with Gasteiger partial charge in [-0.2, -0.15) is 0 Å². The van der Waals surface area contributed by atoms with E-state index in [4.69, 9.17) is 33.0 Å². The molecule has 1 aromatic rings. The van der Waals surface area contributed by atoms with Crippen LogP contribution in [0.4, 0.5) is 0 Å². The number of carbonyl (C=O) groups excluding carboxylic acids is 1. The maximum atomic E-state index is 11.8. The number of carboxylic acid groups (broad SMARTS) is 1. The third kappa shape index (κ3) is 3.35. The van der Waals surface area contributed by atoms with Crippen LogP contribution in [0.25, 0.3) is 0 Å². The second-order valence-electron chi connectivity index (χ2n) is 4.46. The summed E-state index contributed by atoms with van der Waals surface area (Å²) in [5, 5.41) is 12.2. The summed E-state index contributed by atoms with van der Waals surface area (Å²) in [6.45, 7) is 0.596. The number of aromatic carboxylic acids is 1. The first-order chi connectivity index (χ1) is 9.49. The van der Waals surface area contributed by atoms with Gasteiger partial charge >= 0.3 is 5.97 Å². The Balaban J connectivity index is 2.32. The van der Waals surface area contributed by atoms with Crippen molar-refractivity contribution in [3.05, 3.63) is 27.7 Å². The average molecular weight is 318 g/mol. The fourth-order valence-corrected chi connectivity index (χ4v) is 2.54. The number of halogens is 2. The van der Waals surface area contributed by atoms with E-state index in [2.05, 4.69) is 5.32 Å². The topological polar surface area (TPSA) is 75.6 Å². The number of rotatable bonds is 3. The van der Waals surface area contributed by atoms with Crippen LogP contribution in [-0.2, 0) is 4.79 Å². The molecule has 1 fully saturated rings. The van der Waals surface area contributed by atoms with Crippen molar-refractivity contribution in [3.63, 3.8) is 0 Å². The van der Waals surface area contributed by atoms with Crippen molar-refractivity contribution >= 4 is 35.1 Å². The number of ether oxygens (including phenoxy) is 1. The quantitative estimate of drug-likeness (QED) is 0.898. The Hall–Kier alpha value is -1.46. The van der Waals surface area contributed by atoms with Crippen LogP contribution >= 0.6 is 23.2 Å². The van der Waals surface area contributed by atoms with E-state index in [0.29, 0.717) is 13.0 Å². The molecule has 1 amide bonds. The van der Waals surface area contributed by atoms with Gasteiger partial charge in [0.1, 0.15) is 5.56 Å². The monoisotopic (exact) mass is 317 g/mol. The van der Waals surface area contributed by atoms with E-state index in [1.165, 1.54) is 12.1 Å². The van der Waals surface area contributed by atoms with E-state index in [1.54, 1.807) is 0 Å². The molecule has 2 rings (SSSR count). The fourth-order valence-electron chi connectivity index (χ4n) is 2.00. The number of hydrogen-bond acceptors (Lipinski definition) is 3. The summed E-state index contributed by atoms with van der Waals surface area (Å²) in [6, 6.07) is 2.64. The van der Waals surface area contributed by atoms with Crippen molar-refractivity contribution in [2.45, 2.75) is 25.4 Å². The van der Waals surface area contributed by atoms with Gasteiger partial charge in [-0.1, -0.05) is 23.2 Å². The highest BCUT2D eigenvalue weighted by Gasteiger charge is 2.26. The standard InChI is InChI=1S/C13H13Cl2NO4/c14-7-5-8(13(18)19)11(9(15)6-7)20-10-3-1-2-4-16-12(10)17/h5-6,10H,1-4H2,(H,16,17)(H,18,19). The Morgan fingerprint density at radius 2 is 2.10 bits per heavy atom. The van der Waals surface area contributed by atoms with Gasteiger partial charge in [0, 0.05) is 11.6 Å². The van der Waals surface area contributed by atoms with Crippen LogP contribution in [-0.4, -0.2) is 29.6 Å². The molecule has 1 aliphatic heterocycles. The van der Waals surface area contributed by atoms with Crippen LogP contribution in [0.2, 0.25) is 10.0 Å². The summed E-state index contributed by atoms with van der Waals surface area (Å²) >= 11 is 11.8. The molecule has 7 heteroatoms. The highest BCUT2D eigenvalue weighted by Crippen LogP contribution is 2.34. The molecular formula is C13H13Cl2NO4. The maximum absolute atomic E-state index is 11.8. The average Bonchev–Trinajstić information content (AvgIpc) is 2.57. The van der Waals surface area contributed by atoms with Gasteiger partial charge < -0.3 is 15.2 Å². The van der Waals surface area contributed by atoms with Crippen molar-refractivity contribution < 1.29 is 19.4 Å². The molecule has 108 valence electrons. The van der Waals surface area contributed by atoms with Crippen molar-refractivity contribution in [2.75, 3.05) is 6.54 Å². The van der Waals surface area contributed by atoms with E-state index >= 15 is 0 Å². The lowest BCUT2D eigenvalue weighted by Crippen LogP contribution is -2.36. The number of hydrogen-bond donors (Lipinski definition) is 2. The Morgan fingerprint density at radius 1 is 1.35 bits per heavy atom. The van der Waals surface area contributed by atoms with Gasteiger partial charge in [-0.25, -0.2) is 4.79 Å². The molecule has 0 bridgehead atoms. The first-order valence-corrected chi connectivity index (χ1v) is 6.91. The number of amides is 1. The molecule has 2 N–H and O–H groups in total. The number of benzene rings is 1. The minimum Gasteiger partial charge on any atom is -0.478 e. The van der Waals surface area contributed by atoms with Crippen LogP contribution < -0.4 is 10.1 Å². The van der Waals surface area contributed by atoms with Gasteiger partial charge in [0.05, 0.1) is 5.02 Å². The maximum Gasteiger partial charge on any atom is 0.339 e. The molecule has 0 radical (unpaired) electrons. The molecule has 0 spiro atoms. The van der Waals surface area contributed by atoms with Crippen molar-refractivity contribution in [1.82, 2.24) is 5.32 Å². The zero-order valence-corrected chi connectivity index (χ0v) is 12.0. The van der Waals surface area contributed by atoms with Crippen LogP contribution in [0, 0.1) is 0 Å². The van der Waals surface area contributed by atoms with Crippen LogP contribution in [0.1, 0.15) is 29.6 Å². The lowest BCUT2D eigenvalue weighted by atomic mass is 10.1. The van der Waals surface area contributed by atoms with Gasteiger partial charge in [-0.05, 0) is 31.4 Å². The zero-order chi connectivity index (χ0) is 14.7. The zero-order valence-electron chi connectivity index (χ0n) is 10.5. The van der Waals surface area contributed by atoms with Crippen LogP contribution in [0.3, 0.4) is 0 Å². The molecular weight excluding hydrogens is 305 g/mol. The molecule has 1 aromatic carbocycles. The third-order valence-electron chi connectivity index (χ3n) is 2.98. The first-order valence-electron chi connectivity index (χ1n) is 6.15. The molecule has 0 saturated carbocycles. The first kappa shape index (κ1) is 14.9. The number of nitrogens with one attached hydrogen (secondary N) is 1. The minimum absolute atomic E-state index is 0.0226. The molecule has 0 aromatic heterocycles. The summed E-state index contributed by atoms with van der Waals surface area (Å²) in [6.07, 6.45) is 1.46. The molecule has 1 atom stereocenters. The van der Waals surface area contributed by atoms with Crippen molar-refractivity contribution in [2.24, 2.45) is 0 Å². The summed E-state index contributed by atoms with van der Waals surface area (Å²) in [5.74, 6) is -1.49. The Labute approximate surface area is 125 Å². The third-order valence-corrected chi connectivity index (χ3v) is 3.48. The van der Waals surface area contributed by atoms with Crippen LogP contribution in [0.5, 0.6) is 5.75 Å². The normalized spacial score (nSPS) is 19.1. The predicted octanol–water partition coefficient (Wildman–Crippen LogP) is 2.74. The SMILES string of the molecule is O=C(O)c1cc(Cl)cc(Cl)c1OC1CCCCNC1=O. The molecule has 0 aliphatic carbocycles. The Morgan fingerprint density at radius 3 is 2.80 bits per heavy atom. The smallest absolute Gasteiger partial charge is 0.339 e. The van der Waals surface area contributed by atoms with Crippen molar-refractivity contribution in [3.8, 4) is 5.75 Å². The molecule has 1 saturated heterocycles. The highest BCUT2D eigenvalue weighted by atomic mass is 35.5. The second kappa shape index (κ2) is 6.33. The van der Waals surface area contributed by atoms with Gasteiger partial charge in [0.15, 0.2) is 11.9 Å². The minimum atomic E-state index is -1.21. The van der Waals surface area contributed by atoms with E-state index in [9.17, 15) is 9.59 Å². The van der Waals surface area contributed by atoms with Gasteiger partial charge in [-0.3, -0.25) is 4.79 Å². The van der Waals surface area contributed by atoms with Gasteiger partial charge in [0.2, 0.25) is 0 Å². The molecule has 1 aliphatic rings. The summed E-state index contributed by atoms with van der Waals surface area (Å²) in [4.78, 5) is 23.0. The molecule has 1 heterocycles. The number of carboxylic acids is 1. The van der Waals surface area contributed by atoms with E-state index in [-0.39, 0.29) is 27.3 Å². The van der Waals surface area contributed by atoms with E-state index in [1.807, 2.05) is 0 Å². The number of carbonyl (C=O) groups is 2. The summed E-state index contributed by atoms with van der Waals surface area (Å²) in [7, 11) is 0. The highest BCUT2D eigenvalue weighted by molar-refractivity contribution is 6.36. The van der Waals surface area contributed by atoms with E-state index < -0.39 is 12.1 Å². The largest absolute Gasteiger partial charge is 0.478 e. The lowest BCUT2D eigenvalue weighted by molar-refractivity contribution is -0.127. The fraction of sp³-hybridized carbons (Fsp3) is 0.385. The predicted molar refractivity (Wildman–Crippen MR) is 74.7 cm³/mol. The molecule has 20 heavy (non-hydrogen) atoms. The van der Waals surface area contributed by atoms with Gasteiger partial charge in [0.25, 0.3) is 5.91 Å².